The zero-order valence-corrected chi connectivity index (χ0v) is 15.4. The Kier molecular flexibility index (Phi) is 6.68. The highest BCUT2D eigenvalue weighted by Gasteiger charge is 2.30. The van der Waals surface area contributed by atoms with Crippen LogP contribution in [0.3, 0.4) is 0 Å². The van der Waals surface area contributed by atoms with Crippen LogP contribution in [0.15, 0.2) is 24.3 Å². The number of sulfonamides is 1. The van der Waals surface area contributed by atoms with Crippen molar-refractivity contribution in [3.63, 3.8) is 0 Å². The summed E-state index contributed by atoms with van der Waals surface area (Å²) in [5.74, 6) is -0.532. The number of hydrogen-bond donors (Lipinski definition) is 1. The van der Waals surface area contributed by atoms with Crippen LogP contribution < -0.4 is 5.32 Å². The first-order valence-corrected chi connectivity index (χ1v) is 10.4. The summed E-state index contributed by atoms with van der Waals surface area (Å²) < 4.78 is 63.1. The van der Waals surface area contributed by atoms with Crippen LogP contribution in [0, 0.1) is 0 Å². The van der Waals surface area contributed by atoms with E-state index in [2.05, 4.69) is 5.32 Å². The van der Waals surface area contributed by atoms with E-state index in [1.165, 1.54) is 4.31 Å². The Morgan fingerprint density at radius 3 is 2.23 bits per heavy atom. The SMILES string of the molecule is CS(=O)(=O)N(CCNC(=O)c1ccc(C(F)(F)F)cc1)C1CCCCC1. The first kappa shape index (κ1) is 20.7. The molecule has 0 aliphatic heterocycles. The molecule has 9 heteroatoms. The maximum absolute atomic E-state index is 12.5. The minimum absolute atomic E-state index is 0.0540. The second kappa shape index (κ2) is 8.39. The Balaban J connectivity index is 1.93. The summed E-state index contributed by atoms with van der Waals surface area (Å²) in [6, 6.07) is 3.85. The molecular formula is C17H23F3N2O3S. The monoisotopic (exact) mass is 392 g/mol. The summed E-state index contributed by atoms with van der Waals surface area (Å²) in [7, 11) is -3.39. The molecule has 1 aliphatic carbocycles. The smallest absolute Gasteiger partial charge is 0.351 e. The molecule has 0 heterocycles. The number of rotatable bonds is 6. The van der Waals surface area contributed by atoms with Gasteiger partial charge in [0.1, 0.15) is 0 Å². The lowest BCUT2D eigenvalue weighted by atomic mass is 9.95. The van der Waals surface area contributed by atoms with Gasteiger partial charge < -0.3 is 5.32 Å². The van der Waals surface area contributed by atoms with Gasteiger partial charge in [-0.3, -0.25) is 4.79 Å². The first-order chi connectivity index (χ1) is 12.1. The molecule has 1 amide bonds. The molecule has 2 rings (SSSR count). The molecule has 0 radical (unpaired) electrons. The molecule has 0 aromatic heterocycles. The fourth-order valence-corrected chi connectivity index (χ4v) is 4.36. The van der Waals surface area contributed by atoms with Crippen molar-refractivity contribution in [1.82, 2.24) is 9.62 Å². The van der Waals surface area contributed by atoms with Crippen molar-refractivity contribution in [2.24, 2.45) is 0 Å². The number of alkyl halides is 3. The zero-order chi connectivity index (χ0) is 19.4. The lowest BCUT2D eigenvalue weighted by Crippen LogP contribution is -2.45. The van der Waals surface area contributed by atoms with E-state index in [1.807, 2.05) is 0 Å². The maximum atomic E-state index is 12.5. The molecular weight excluding hydrogens is 369 g/mol. The molecule has 0 saturated heterocycles. The molecule has 1 saturated carbocycles. The van der Waals surface area contributed by atoms with Gasteiger partial charge in [-0.15, -0.1) is 0 Å². The molecule has 1 aromatic carbocycles. The number of halogens is 3. The fourth-order valence-electron chi connectivity index (χ4n) is 3.18. The summed E-state index contributed by atoms with van der Waals surface area (Å²) in [4.78, 5) is 12.1. The van der Waals surface area contributed by atoms with Crippen molar-refractivity contribution < 1.29 is 26.4 Å². The Bertz CT molecular complexity index is 712. The molecule has 1 aromatic rings. The van der Waals surface area contributed by atoms with Gasteiger partial charge in [0, 0.05) is 24.7 Å². The van der Waals surface area contributed by atoms with Crippen LogP contribution in [0.4, 0.5) is 13.2 Å². The van der Waals surface area contributed by atoms with Crippen molar-refractivity contribution >= 4 is 15.9 Å². The topological polar surface area (TPSA) is 66.5 Å². The van der Waals surface area contributed by atoms with Gasteiger partial charge in [0.15, 0.2) is 0 Å². The van der Waals surface area contributed by atoms with E-state index < -0.39 is 27.7 Å². The van der Waals surface area contributed by atoms with Crippen molar-refractivity contribution in [2.45, 2.75) is 44.3 Å². The highest BCUT2D eigenvalue weighted by Crippen LogP contribution is 2.29. The normalized spacial score (nSPS) is 16.7. The summed E-state index contributed by atoms with van der Waals surface area (Å²) >= 11 is 0. The number of carbonyl (C=O) groups excluding carboxylic acids is 1. The molecule has 0 atom stereocenters. The van der Waals surface area contributed by atoms with Crippen LogP contribution in [0.25, 0.3) is 0 Å². The summed E-state index contributed by atoms with van der Waals surface area (Å²) in [6.07, 6.45) is 1.37. The molecule has 1 N–H and O–H groups in total. The van der Waals surface area contributed by atoms with Crippen molar-refractivity contribution in [3.8, 4) is 0 Å². The largest absolute Gasteiger partial charge is 0.416 e. The standard InChI is InChI=1S/C17H23F3N2O3S/c1-26(24,25)22(15-5-3-2-4-6-15)12-11-21-16(23)13-7-9-14(10-8-13)17(18,19)20/h7-10,15H,2-6,11-12H2,1H3,(H,21,23). The van der Waals surface area contributed by atoms with Crippen molar-refractivity contribution in [3.05, 3.63) is 35.4 Å². The summed E-state index contributed by atoms with van der Waals surface area (Å²) in [5.41, 5.74) is -0.726. The van der Waals surface area contributed by atoms with E-state index in [4.69, 9.17) is 0 Å². The number of nitrogens with zero attached hydrogens (tertiary/aromatic N) is 1. The number of carbonyl (C=O) groups is 1. The van der Waals surface area contributed by atoms with E-state index in [0.717, 1.165) is 62.6 Å². The maximum Gasteiger partial charge on any atom is 0.416 e. The lowest BCUT2D eigenvalue weighted by Gasteiger charge is -2.32. The third-order valence-electron chi connectivity index (χ3n) is 4.50. The average molecular weight is 392 g/mol. The van der Waals surface area contributed by atoms with E-state index in [1.54, 1.807) is 0 Å². The molecule has 1 fully saturated rings. The number of amides is 1. The second-order valence-corrected chi connectivity index (χ2v) is 8.43. The molecule has 26 heavy (non-hydrogen) atoms. The number of hydrogen-bond acceptors (Lipinski definition) is 3. The quantitative estimate of drug-likeness (QED) is 0.809. The fraction of sp³-hybridized carbons (Fsp3) is 0.588. The van der Waals surface area contributed by atoms with Gasteiger partial charge in [0.2, 0.25) is 10.0 Å². The van der Waals surface area contributed by atoms with E-state index in [9.17, 15) is 26.4 Å². The zero-order valence-electron chi connectivity index (χ0n) is 14.6. The molecule has 0 unspecified atom stereocenters. The Hall–Kier alpha value is -1.61. The Morgan fingerprint density at radius 1 is 1.15 bits per heavy atom. The van der Waals surface area contributed by atoms with Gasteiger partial charge in [-0.25, -0.2) is 8.42 Å². The second-order valence-electron chi connectivity index (χ2n) is 6.50. The highest BCUT2D eigenvalue weighted by atomic mass is 32.2. The lowest BCUT2D eigenvalue weighted by molar-refractivity contribution is -0.137. The minimum Gasteiger partial charge on any atom is -0.351 e. The van der Waals surface area contributed by atoms with Crippen LogP contribution in [0.1, 0.15) is 48.0 Å². The predicted molar refractivity (Wildman–Crippen MR) is 92.2 cm³/mol. The van der Waals surface area contributed by atoms with E-state index in [-0.39, 0.29) is 24.7 Å². The molecule has 1 aliphatic rings. The third kappa shape index (κ3) is 5.70. The van der Waals surface area contributed by atoms with Crippen molar-refractivity contribution in [2.75, 3.05) is 19.3 Å². The van der Waals surface area contributed by atoms with Crippen molar-refractivity contribution in [1.29, 1.82) is 0 Å². The van der Waals surface area contributed by atoms with Gasteiger partial charge in [-0.2, -0.15) is 17.5 Å². The first-order valence-electron chi connectivity index (χ1n) is 8.51. The van der Waals surface area contributed by atoms with Gasteiger partial charge in [-0.1, -0.05) is 19.3 Å². The predicted octanol–water partition coefficient (Wildman–Crippen LogP) is 3.03. The molecule has 5 nitrogen and oxygen atoms in total. The number of benzene rings is 1. The molecule has 146 valence electrons. The minimum atomic E-state index is -4.45. The highest BCUT2D eigenvalue weighted by molar-refractivity contribution is 7.88. The van der Waals surface area contributed by atoms with Gasteiger partial charge in [-0.05, 0) is 37.1 Å². The van der Waals surface area contributed by atoms with E-state index >= 15 is 0 Å². The van der Waals surface area contributed by atoms with Crippen LogP contribution >= 0.6 is 0 Å². The van der Waals surface area contributed by atoms with Gasteiger partial charge in [0.05, 0.1) is 11.8 Å². The van der Waals surface area contributed by atoms with Crippen LogP contribution in [0.2, 0.25) is 0 Å². The number of nitrogens with one attached hydrogen (secondary N) is 1. The van der Waals surface area contributed by atoms with Crippen LogP contribution in [-0.4, -0.2) is 44.0 Å². The molecule has 0 spiro atoms. The van der Waals surface area contributed by atoms with Gasteiger partial charge >= 0.3 is 6.18 Å². The Labute approximate surface area is 151 Å². The third-order valence-corrected chi connectivity index (χ3v) is 5.83. The van der Waals surface area contributed by atoms with Crippen LogP contribution in [0.5, 0.6) is 0 Å². The van der Waals surface area contributed by atoms with Crippen LogP contribution in [-0.2, 0) is 16.2 Å². The summed E-state index contributed by atoms with van der Waals surface area (Å²) in [5, 5.41) is 2.57. The Morgan fingerprint density at radius 2 is 1.73 bits per heavy atom. The summed E-state index contributed by atoms with van der Waals surface area (Å²) in [6.45, 7) is 0.249. The van der Waals surface area contributed by atoms with E-state index in [0.29, 0.717) is 0 Å². The molecule has 0 bridgehead atoms. The average Bonchev–Trinajstić information content (AvgIpc) is 2.57. The van der Waals surface area contributed by atoms with Gasteiger partial charge in [0.25, 0.3) is 5.91 Å².